The SMILES string of the molecule is CCOC(=O)c1cn(Cc2ccc3ncc(C(F)(F)F)cc3c2)nc1C#N. The minimum Gasteiger partial charge on any atom is -0.462 e. The normalized spacial score (nSPS) is 11.4. The molecule has 0 saturated heterocycles. The van der Waals surface area contributed by atoms with E-state index in [1.165, 1.54) is 10.9 Å². The van der Waals surface area contributed by atoms with Crippen molar-refractivity contribution in [2.24, 2.45) is 0 Å². The molecule has 2 heterocycles. The lowest BCUT2D eigenvalue weighted by Crippen LogP contribution is -2.06. The van der Waals surface area contributed by atoms with Crippen molar-refractivity contribution in [3.63, 3.8) is 0 Å². The largest absolute Gasteiger partial charge is 0.462 e. The lowest BCUT2D eigenvalue weighted by molar-refractivity contribution is -0.137. The maximum Gasteiger partial charge on any atom is 0.417 e. The molecular weight excluding hydrogens is 361 g/mol. The molecule has 27 heavy (non-hydrogen) atoms. The Hall–Kier alpha value is -3.41. The minimum atomic E-state index is -4.48. The molecule has 9 heteroatoms. The molecule has 0 amide bonds. The Morgan fingerprint density at radius 1 is 1.33 bits per heavy atom. The summed E-state index contributed by atoms with van der Waals surface area (Å²) >= 11 is 0. The fourth-order valence-electron chi connectivity index (χ4n) is 2.56. The van der Waals surface area contributed by atoms with Gasteiger partial charge in [0.25, 0.3) is 0 Å². The number of hydrogen-bond donors (Lipinski definition) is 0. The van der Waals surface area contributed by atoms with E-state index in [0.717, 1.165) is 12.3 Å². The standard InChI is InChI=1S/C18H13F3N4O2/c1-2-27-17(26)14-10-25(24-16(14)7-22)9-11-3-4-15-12(5-11)6-13(8-23-15)18(19,20)21/h3-6,8,10H,2,9H2,1H3. The van der Waals surface area contributed by atoms with Crippen LogP contribution in [0.25, 0.3) is 10.9 Å². The number of carbonyl (C=O) groups excluding carboxylic acids is 1. The van der Waals surface area contributed by atoms with Crippen molar-refractivity contribution in [3.8, 4) is 6.07 Å². The Labute approximate surface area is 151 Å². The zero-order chi connectivity index (χ0) is 19.6. The number of nitriles is 1. The highest BCUT2D eigenvalue weighted by molar-refractivity contribution is 5.91. The van der Waals surface area contributed by atoms with Crippen molar-refractivity contribution in [2.75, 3.05) is 6.61 Å². The molecule has 2 aromatic heterocycles. The van der Waals surface area contributed by atoms with E-state index in [1.807, 2.05) is 6.07 Å². The summed E-state index contributed by atoms with van der Waals surface area (Å²) < 4.78 is 44.8. The van der Waals surface area contributed by atoms with Crippen LogP contribution in [0.5, 0.6) is 0 Å². The van der Waals surface area contributed by atoms with Gasteiger partial charge < -0.3 is 4.74 Å². The number of pyridine rings is 1. The van der Waals surface area contributed by atoms with E-state index in [-0.39, 0.29) is 24.4 Å². The molecule has 0 spiro atoms. The minimum absolute atomic E-state index is 0.0427. The molecule has 0 aliphatic heterocycles. The molecule has 0 unspecified atom stereocenters. The monoisotopic (exact) mass is 374 g/mol. The summed E-state index contributed by atoms with van der Waals surface area (Å²) in [4.78, 5) is 15.7. The van der Waals surface area contributed by atoms with Gasteiger partial charge in [0.05, 0.1) is 24.2 Å². The molecule has 0 radical (unpaired) electrons. The average molecular weight is 374 g/mol. The van der Waals surface area contributed by atoms with Gasteiger partial charge in [-0.05, 0) is 30.7 Å². The van der Waals surface area contributed by atoms with Crippen LogP contribution in [0.1, 0.15) is 34.1 Å². The van der Waals surface area contributed by atoms with Crippen molar-refractivity contribution < 1.29 is 22.7 Å². The van der Waals surface area contributed by atoms with Crippen molar-refractivity contribution in [1.82, 2.24) is 14.8 Å². The number of nitrogens with zero attached hydrogens (tertiary/aromatic N) is 4. The zero-order valence-corrected chi connectivity index (χ0v) is 14.1. The van der Waals surface area contributed by atoms with Crippen LogP contribution in [0.15, 0.2) is 36.7 Å². The first-order valence-corrected chi connectivity index (χ1v) is 7.92. The lowest BCUT2D eigenvalue weighted by Gasteiger charge is -2.08. The van der Waals surface area contributed by atoms with Gasteiger partial charge in [-0.15, -0.1) is 0 Å². The van der Waals surface area contributed by atoms with E-state index < -0.39 is 17.7 Å². The van der Waals surface area contributed by atoms with Crippen LogP contribution in [-0.4, -0.2) is 27.3 Å². The quantitative estimate of drug-likeness (QED) is 0.653. The van der Waals surface area contributed by atoms with Gasteiger partial charge in [0, 0.05) is 17.8 Å². The van der Waals surface area contributed by atoms with Crippen LogP contribution in [0, 0.1) is 11.3 Å². The van der Waals surface area contributed by atoms with Gasteiger partial charge in [-0.25, -0.2) is 4.79 Å². The number of fused-ring (bicyclic) bond motifs is 1. The number of hydrogen-bond acceptors (Lipinski definition) is 5. The second kappa shape index (κ2) is 7.07. The third kappa shape index (κ3) is 3.89. The fraction of sp³-hybridized carbons (Fsp3) is 0.222. The number of esters is 1. The van der Waals surface area contributed by atoms with Gasteiger partial charge in [0.1, 0.15) is 11.6 Å². The molecule has 3 rings (SSSR count). The summed E-state index contributed by atoms with van der Waals surface area (Å²) in [6, 6.07) is 7.72. The highest BCUT2D eigenvalue weighted by atomic mass is 19.4. The molecular formula is C18H13F3N4O2. The maximum absolute atomic E-state index is 12.9. The zero-order valence-electron chi connectivity index (χ0n) is 14.1. The molecule has 0 atom stereocenters. The van der Waals surface area contributed by atoms with Gasteiger partial charge in [-0.2, -0.15) is 23.5 Å². The van der Waals surface area contributed by atoms with Crippen LogP contribution in [-0.2, 0) is 17.5 Å². The lowest BCUT2D eigenvalue weighted by atomic mass is 10.1. The number of alkyl halides is 3. The molecule has 0 N–H and O–H groups in total. The van der Waals surface area contributed by atoms with Crippen LogP contribution >= 0.6 is 0 Å². The molecule has 0 saturated carbocycles. The Morgan fingerprint density at radius 3 is 2.78 bits per heavy atom. The van der Waals surface area contributed by atoms with E-state index in [9.17, 15) is 18.0 Å². The second-order valence-electron chi connectivity index (χ2n) is 5.67. The summed E-state index contributed by atoms with van der Waals surface area (Å²) in [7, 11) is 0. The third-order valence-electron chi connectivity index (χ3n) is 3.78. The number of carbonyl (C=O) groups is 1. The van der Waals surface area contributed by atoms with Gasteiger partial charge in [-0.1, -0.05) is 6.07 Å². The van der Waals surface area contributed by atoms with Crippen molar-refractivity contribution in [3.05, 3.63) is 59.0 Å². The Bertz CT molecular complexity index is 1050. The number of benzene rings is 1. The Kier molecular flexibility index (Phi) is 4.81. The summed E-state index contributed by atoms with van der Waals surface area (Å²) in [6.45, 7) is 1.97. The Morgan fingerprint density at radius 2 is 2.11 bits per heavy atom. The van der Waals surface area contributed by atoms with E-state index >= 15 is 0 Å². The molecule has 0 aliphatic rings. The van der Waals surface area contributed by atoms with Crippen LogP contribution in [0.3, 0.4) is 0 Å². The summed E-state index contributed by atoms with van der Waals surface area (Å²) in [5.74, 6) is -0.655. The maximum atomic E-state index is 12.9. The summed E-state index contributed by atoms with van der Waals surface area (Å²) in [6.07, 6.45) is -2.30. The smallest absolute Gasteiger partial charge is 0.417 e. The molecule has 138 valence electrons. The molecule has 3 aromatic rings. The predicted octanol–water partition coefficient (Wildman–Crippen LogP) is 3.55. The third-order valence-corrected chi connectivity index (χ3v) is 3.78. The van der Waals surface area contributed by atoms with Crippen LogP contribution < -0.4 is 0 Å². The summed E-state index contributed by atoms with van der Waals surface area (Å²) in [5, 5.41) is 13.5. The van der Waals surface area contributed by atoms with Gasteiger partial charge in [0.2, 0.25) is 0 Å². The Balaban J connectivity index is 1.92. The number of halogens is 3. The first kappa shape index (κ1) is 18.4. The molecule has 0 aliphatic carbocycles. The molecule has 1 aromatic carbocycles. The van der Waals surface area contributed by atoms with Gasteiger partial charge in [0.15, 0.2) is 5.69 Å². The first-order valence-electron chi connectivity index (χ1n) is 7.92. The highest BCUT2D eigenvalue weighted by Gasteiger charge is 2.31. The molecule has 6 nitrogen and oxygen atoms in total. The topological polar surface area (TPSA) is 80.8 Å². The van der Waals surface area contributed by atoms with Crippen LogP contribution in [0.4, 0.5) is 13.2 Å². The van der Waals surface area contributed by atoms with Crippen LogP contribution in [0.2, 0.25) is 0 Å². The predicted molar refractivity (Wildman–Crippen MR) is 88.7 cm³/mol. The van der Waals surface area contributed by atoms with E-state index in [0.29, 0.717) is 16.5 Å². The fourth-order valence-corrected chi connectivity index (χ4v) is 2.56. The van der Waals surface area contributed by atoms with Crippen molar-refractivity contribution >= 4 is 16.9 Å². The van der Waals surface area contributed by atoms with E-state index in [1.54, 1.807) is 25.1 Å². The van der Waals surface area contributed by atoms with E-state index in [4.69, 9.17) is 10.00 Å². The summed E-state index contributed by atoms with van der Waals surface area (Å²) in [5.41, 5.74) is 0.210. The number of rotatable bonds is 4. The molecule has 0 bridgehead atoms. The molecule has 0 fully saturated rings. The average Bonchev–Trinajstić information content (AvgIpc) is 3.03. The number of ether oxygens (including phenoxy) is 1. The van der Waals surface area contributed by atoms with E-state index in [2.05, 4.69) is 10.1 Å². The highest BCUT2D eigenvalue weighted by Crippen LogP contribution is 2.30. The van der Waals surface area contributed by atoms with Gasteiger partial charge in [-0.3, -0.25) is 9.67 Å². The second-order valence-corrected chi connectivity index (χ2v) is 5.67. The van der Waals surface area contributed by atoms with Crippen molar-refractivity contribution in [1.29, 1.82) is 5.26 Å². The number of aromatic nitrogens is 3. The van der Waals surface area contributed by atoms with Crippen molar-refractivity contribution in [2.45, 2.75) is 19.6 Å². The van der Waals surface area contributed by atoms with Gasteiger partial charge >= 0.3 is 12.1 Å². The first-order chi connectivity index (χ1) is 12.8.